The quantitative estimate of drug-likeness (QED) is 0.535. The Morgan fingerprint density at radius 3 is 2.41 bits per heavy atom. The number of pyridine rings is 1. The Labute approximate surface area is 189 Å². The number of hydrogen-bond acceptors (Lipinski definition) is 5. The van der Waals surface area contributed by atoms with Crippen molar-refractivity contribution in [3.63, 3.8) is 0 Å². The van der Waals surface area contributed by atoms with Gasteiger partial charge in [0.25, 0.3) is 5.56 Å². The summed E-state index contributed by atoms with van der Waals surface area (Å²) in [4.78, 5) is 24.9. The first-order chi connectivity index (χ1) is 15.5. The van der Waals surface area contributed by atoms with Crippen molar-refractivity contribution in [2.75, 3.05) is 40.0 Å². The van der Waals surface area contributed by atoms with Gasteiger partial charge >= 0.3 is 0 Å². The van der Waals surface area contributed by atoms with E-state index < -0.39 is 0 Å². The number of carbonyl (C=O) groups is 1. The monoisotopic (exact) mass is 434 g/mol. The summed E-state index contributed by atoms with van der Waals surface area (Å²) in [6.07, 6.45) is 3.11. The third-order valence-corrected chi connectivity index (χ3v) is 5.95. The molecule has 0 amide bonds. The van der Waals surface area contributed by atoms with E-state index in [1.807, 2.05) is 31.2 Å². The molecule has 6 heteroatoms. The maximum absolute atomic E-state index is 12.3. The fraction of sp³-hybridized carbons (Fsp3) is 0.462. The Hall–Kier alpha value is -2.88. The van der Waals surface area contributed by atoms with Crippen molar-refractivity contribution in [1.29, 1.82) is 0 Å². The normalized spacial score (nSPS) is 18.3. The topological polar surface area (TPSA) is 60.8 Å². The van der Waals surface area contributed by atoms with Crippen LogP contribution in [0.2, 0.25) is 0 Å². The third-order valence-electron chi connectivity index (χ3n) is 5.95. The first-order valence-electron chi connectivity index (χ1n) is 11.1. The molecular weight excluding hydrogens is 404 g/mol. The molecule has 0 bridgehead atoms. The maximum Gasteiger partial charge on any atom is 0.254 e. The van der Waals surface area contributed by atoms with E-state index in [9.17, 15) is 9.59 Å². The molecule has 0 N–H and O–H groups in total. The van der Waals surface area contributed by atoms with E-state index in [4.69, 9.17) is 9.47 Å². The van der Waals surface area contributed by atoms with E-state index in [0.717, 1.165) is 30.0 Å². The standard InChI is InChI=1S/C20H19NO3.C6H11NO/c1-15-12-19(24-11-10-22)13-20(23)21(15)14-18-8-6-17(7-9-18)5-4-16-2-3-16;1-7-2-6(3-7)4-8-5-6/h6-10,12-13,16H,2-3,11,14H2,1H3;2-5H2,1H3. The zero-order chi connectivity index (χ0) is 22.6. The lowest BCUT2D eigenvalue weighted by molar-refractivity contribution is -0.182. The number of benzene rings is 1. The fourth-order valence-electron chi connectivity index (χ4n) is 4.08. The molecule has 2 aliphatic heterocycles. The van der Waals surface area contributed by atoms with Gasteiger partial charge in [-0.2, -0.15) is 0 Å². The zero-order valence-electron chi connectivity index (χ0n) is 18.8. The van der Waals surface area contributed by atoms with Gasteiger partial charge in [0, 0.05) is 41.7 Å². The van der Waals surface area contributed by atoms with Gasteiger partial charge in [0.05, 0.1) is 19.8 Å². The minimum Gasteiger partial charge on any atom is -0.486 e. The highest BCUT2D eigenvalue weighted by atomic mass is 16.5. The Bertz CT molecular complexity index is 1060. The highest BCUT2D eigenvalue weighted by Crippen LogP contribution is 2.36. The molecule has 0 atom stereocenters. The number of likely N-dealkylation sites (tertiary alicyclic amines) is 1. The summed E-state index contributed by atoms with van der Waals surface area (Å²) in [5.41, 5.74) is 3.31. The van der Waals surface area contributed by atoms with Gasteiger partial charge in [0.1, 0.15) is 12.4 Å². The number of aldehydes is 1. The van der Waals surface area contributed by atoms with Crippen molar-refractivity contribution in [2.45, 2.75) is 26.3 Å². The van der Waals surface area contributed by atoms with Gasteiger partial charge in [-0.3, -0.25) is 9.59 Å². The number of rotatable bonds is 5. The second-order valence-corrected chi connectivity index (χ2v) is 9.14. The van der Waals surface area contributed by atoms with Crippen LogP contribution in [0.4, 0.5) is 0 Å². The minimum atomic E-state index is -0.145. The Balaban J connectivity index is 0.000000254. The third kappa shape index (κ3) is 5.67. The van der Waals surface area contributed by atoms with Crippen LogP contribution in [-0.4, -0.2) is 55.7 Å². The molecule has 32 heavy (non-hydrogen) atoms. The van der Waals surface area contributed by atoms with E-state index in [-0.39, 0.29) is 12.2 Å². The molecule has 1 aromatic heterocycles. The number of carbonyl (C=O) groups excluding carboxylic acids is 1. The molecule has 2 aromatic rings. The molecule has 1 saturated carbocycles. The van der Waals surface area contributed by atoms with Gasteiger partial charge < -0.3 is 18.9 Å². The minimum absolute atomic E-state index is 0.0494. The van der Waals surface area contributed by atoms with Crippen LogP contribution in [-0.2, 0) is 16.1 Å². The molecule has 1 aliphatic carbocycles. The summed E-state index contributed by atoms with van der Waals surface area (Å²) in [5, 5.41) is 0. The molecule has 0 unspecified atom stereocenters. The molecule has 2 saturated heterocycles. The van der Waals surface area contributed by atoms with Crippen molar-refractivity contribution >= 4 is 6.29 Å². The molecule has 1 spiro atoms. The fourth-order valence-corrected chi connectivity index (χ4v) is 4.08. The molecule has 3 aliphatic rings. The average molecular weight is 435 g/mol. The van der Waals surface area contributed by atoms with Crippen molar-refractivity contribution in [1.82, 2.24) is 9.47 Å². The molecule has 5 rings (SSSR count). The second-order valence-electron chi connectivity index (χ2n) is 9.14. The van der Waals surface area contributed by atoms with Gasteiger partial charge in [-0.25, -0.2) is 0 Å². The summed E-state index contributed by atoms with van der Waals surface area (Å²) in [6.45, 7) is 6.83. The number of nitrogens with zero attached hydrogens (tertiary/aromatic N) is 2. The molecular formula is C26H30N2O4. The predicted octanol–water partition coefficient (Wildman–Crippen LogP) is 2.49. The Morgan fingerprint density at radius 1 is 1.19 bits per heavy atom. The Kier molecular flexibility index (Phi) is 6.78. The highest BCUT2D eigenvalue weighted by molar-refractivity contribution is 5.51. The van der Waals surface area contributed by atoms with Crippen LogP contribution in [0, 0.1) is 30.1 Å². The van der Waals surface area contributed by atoms with Crippen LogP contribution in [0.5, 0.6) is 5.75 Å². The summed E-state index contributed by atoms with van der Waals surface area (Å²) in [6, 6.07) is 11.2. The molecule has 6 nitrogen and oxygen atoms in total. The van der Waals surface area contributed by atoms with Crippen LogP contribution in [0.3, 0.4) is 0 Å². The summed E-state index contributed by atoms with van der Waals surface area (Å²) in [5.74, 6) is 7.43. The van der Waals surface area contributed by atoms with Gasteiger partial charge in [-0.1, -0.05) is 24.0 Å². The predicted molar refractivity (Wildman–Crippen MR) is 123 cm³/mol. The lowest BCUT2D eigenvalue weighted by Crippen LogP contribution is -2.64. The van der Waals surface area contributed by atoms with Gasteiger partial charge in [0.2, 0.25) is 0 Å². The van der Waals surface area contributed by atoms with Crippen molar-refractivity contribution in [3.8, 4) is 17.6 Å². The summed E-state index contributed by atoms with van der Waals surface area (Å²) < 4.78 is 12.0. The van der Waals surface area contributed by atoms with Gasteiger partial charge in [-0.15, -0.1) is 0 Å². The van der Waals surface area contributed by atoms with Crippen LogP contribution in [0.15, 0.2) is 41.2 Å². The van der Waals surface area contributed by atoms with Gasteiger partial charge in [0.15, 0.2) is 6.29 Å². The van der Waals surface area contributed by atoms with Crippen LogP contribution >= 0.6 is 0 Å². The number of ether oxygens (including phenoxy) is 2. The van der Waals surface area contributed by atoms with E-state index in [1.165, 1.54) is 32.0 Å². The molecule has 1 aromatic carbocycles. The van der Waals surface area contributed by atoms with E-state index in [0.29, 0.717) is 29.9 Å². The Morgan fingerprint density at radius 2 is 1.91 bits per heavy atom. The van der Waals surface area contributed by atoms with E-state index in [2.05, 4.69) is 23.8 Å². The summed E-state index contributed by atoms with van der Waals surface area (Å²) >= 11 is 0. The molecule has 3 heterocycles. The van der Waals surface area contributed by atoms with Crippen LogP contribution < -0.4 is 10.3 Å². The molecule has 168 valence electrons. The van der Waals surface area contributed by atoms with E-state index in [1.54, 1.807) is 10.6 Å². The highest BCUT2D eigenvalue weighted by Gasteiger charge is 2.47. The number of aryl methyl sites for hydroxylation is 1. The van der Waals surface area contributed by atoms with Crippen molar-refractivity contribution < 1.29 is 14.3 Å². The SMILES string of the molecule is CN1CC2(COC2)C1.Cc1cc(OCC=O)cc(=O)n1Cc1ccc(C#CC2CC2)cc1. The van der Waals surface area contributed by atoms with Crippen molar-refractivity contribution in [2.24, 2.45) is 11.3 Å². The lowest BCUT2D eigenvalue weighted by atomic mass is 9.79. The maximum atomic E-state index is 12.3. The van der Waals surface area contributed by atoms with Crippen LogP contribution in [0.25, 0.3) is 0 Å². The molecule has 3 fully saturated rings. The smallest absolute Gasteiger partial charge is 0.254 e. The largest absolute Gasteiger partial charge is 0.486 e. The van der Waals surface area contributed by atoms with Crippen molar-refractivity contribution in [3.05, 3.63) is 63.6 Å². The number of hydrogen-bond donors (Lipinski definition) is 0. The summed E-state index contributed by atoms with van der Waals surface area (Å²) in [7, 11) is 2.16. The lowest BCUT2D eigenvalue weighted by Gasteiger charge is -2.53. The average Bonchev–Trinajstić information content (AvgIpc) is 3.55. The van der Waals surface area contributed by atoms with E-state index >= 15 is 0 Å². The van der Waals surface area contributed by atoms with Gasteiger partial charge in [-0.05, 0) is 50.6 Å². The molecule has 0 radical (unpaired) electrons. The first kappa shape index (κ1) is 22.3. The zero-order valence-corrected chi connectivity index (χ0v) is 18.8. The second kappa shape index (κ2) is 9.72. The first-order valence-corrected chi connectivity index (χ1v) is 11.1. The number of aromatic nitrogens is 1. The van der Waals surface area contributed by atoms with Crippen LogP contribution in [0.1, 0.15) is 29.7 Å².